The van der Waals surface area contributed by atoms with Gasteiger partial charge in [0.2, 0.25) is 5.91 Å². The second-order valence-corrected chi connectivity index (χ2v) is 11.0. The second kappa shape index (κ2) is 12.3. The Balaban J connectivity index is 2.56. The van der Waals surface area contributed by atoms with E-state index in [1.54, 1.807) is 25.7 Å². The predicted molar refractivity (Wildman–Crippen MR) is 149 cm³/mol. The molecule has 2 atom stereocenters. The van der Waals surface area contributed by atoms with Crippen molar-refractivity contribution < 1.29 is 19.1 Å². The van der Waals surface area contributed by atoms with Crippen LogP contribution in [0.25, 0.3) is 0 Å². The predicted octanol–water partition coefficient (Wildman–Crippen LogP) is 6.00. The number of rotatable bonds is 8. The molecule has 0 saturated carbocycles. The fourth-order valence-electron chi connectivity index (χ4n) is 4.48. The summed E-state index contributed by atoms with van der Waals surface area (Å²) in [6, 6.07) is 9.90. The largest absolute Gasteiger partial charge is 0.444 e. The normalized spacial score (nSPS) is 13.1. The number of likely N-dealkylation sites (N-methyl/N-ethyl adjacent to an activating group) is 1. The molecular formula is C30H43N3O4. The minimum Gasteiger partial charge on any atom is -0.444 e. The van der Waals surface area contributed by atoms with E-state index < -0.39 is 23.8 Å². The highest BCUT2D eigenvalue weighted by molar-refractivity contribution is 6.00. The van der Waals surface area contributed by atoms with E-state index in [1.165, 1.54) is 0 Å². The maximum absolute atomic E-state index is 14.0. The van der Waals surface area contributed by atoms with Crippen molar-refractivity contribution in [2.75, 3.05) is 11.9 Å². The number of nitrogens with zero attached hydrogens (tertiary/aromatic N) is 1. The van der Waals surface area contributed by atoms with Crippen LogP contribution >= 0.6 is 0 Å². The van der Waals surface area contributed by atoms with Crippen molar-refractivity contribution in [2.45, 2.75) is 86.9 Å². The summed E-state index contributed by atoms with van der Waals surface area (Å²) in [5.41, 5.74) is 4.51. The number of alkyl carbamates (subject to hydrolysis) is 1. The molecule has 0 bridgehead atoms. The maximum Gasteiger partial charge on any atom is 0.408 e. The van der Waals surface area contributed by atoms with Crippen LogP contribution in [0.5, 0.6) is 0 Å². The zero-order valence-corrected chi connectivity index (χ0v) is 24.0. The molecule has 0 aliphatic rings. The first-order chi connectivity index (χ1) is 17.2. The summed E-state index contributed by atoms with van der Waals surface area (Å²) < 4.78 is 5.42. The minimum absolute atomic E-state index is 0.227. The van der Waals surface area contributed by atoms with Gasteiger partial charge < -0.3 is 20.3 Å². The minimum atomic E-state index is -0.889. The highest BCUT2D eigenvalue weighted by Gasteiger charge is 2.38. The number of anilines is 1. The number of hydrogen-bond acceptors (Lipinski definition) is 4. The van der Waals surface area contributed by atoms with Gasteiger partial charge in [0.1, 0.15) is 17.7 Å². The topological polar surface area (TPSA) is 87.7 Å². The van der Waals surface area contributed by atoms with Gasteiger partial charge in [0.05, 0.1) is 0 Å². The molecule has 202 valence electrons. The van der Waals surface area contributed by atoms with Crippen LogP contribution in [0.4, 0.5) is 10.5 Å². The molecule has 3 amide bonds. The Morgan fingerprint density at radius 3 is 1.81 bits per heavy atom. The summed E-state index contributed by atoms with van der Waals surface area (Å²) in [6.07, 6.45) is -0.667. The summed E-state index contributed by atoms with van der Waals surface area (Å²) >= 11 is 0. The monoisotopic (exact) mass is 509 g/mol. The van der Waals surface area contributed by atoms with E-state index in [0.29, 0.717) is 0 Å². The lowest BCUT2D eigenvalue weighted by Crippen LogP contribution is -2.54. The summed E-state index contributed by atoms with van der Waals surface area (Å²) in [6.45, 7) is 18.9. The number of carbonyl (C=O) groups is 3. The van der Waals surface area contributed by atoms with Crippen molar-refractivity contribution in [3.8, 4) is 0 Å². The van der Waals surface area contributed by atoms with Crippen LogP contribution < -0.4 is 10.6 Å². The highest BCUT2D eigenvalue weighted by atomic mass is 16.6. The lowest BCUT2D eigenvalue weighted by atomic mass is 9.92. The number of ether oxygens (including phenoxy) is 1. The lowest BCUT2D eigenvalue weighted by Gasteiger charge is -2.36. The molecule has 2 rings (SSSR count). The van der Waals surface area contributed by atoms with Crippen LogP contribution in [-0.4, -0.2) is 41.0 Å². The van der Waals surface area contributed by atoms with Crippen molar-refractivity contribution in [1.29, 1.82) is 0 Å². The zero-order valence-electron chi connectivity index (χ0n) is 24.0. The van der Waals surface area contributed by atoms with Crippen LogP contribution in [0.1, 0.15) is 75.4 Å². The van der Waals surface area contributed by atoms with E-state index in [0.717, 1.165) is 33.5 Å². The number of carbonyl (C=O) groups excluding carboxylic acids is 3. The SMILES string of the molecule is CCN(C(=O)C(NC(=O)OC(C)(C)C)C(C)C)C(C(=O)Nc1c(C)cccc1C)c1c(C)cccc1C. The summed E-state index contributed by atoms with van der Waals surface area (Å²) in [4.78, 5) is 42.2. The number of nitrogens with one attached hydrogen (secondary N) is 2. The third-order valence-corrected chi connectivity index (χ3v) is 6.33. The molecule has 0 aliphatic carbocycles. The van der Waals surface area contributed by atoms with Gasteiger partial charge in [-0.05, 0) is 89.1 Å². The Kier molecular flexibility index (Phi) is 9.90. The van der Waals surface area contributed by atoms with Gasteiger partial charge in [-0.15, -0.1) is 0 Å². The summed E-state index contributed by atoms with van der Waals surface area (Å²) in [5, 5.41) is 5.84. The van der Waals surface area contributed by atoms with E-state index in [9.17, 15) is 14.4 Å². The smallest absolute Gasteiger partial charge is 0.408 e. The average molecular weight is 510 g/mol. The third kappa shape index (κ3) is 7.57. The Morgan fingerprint density at radius 2 is 1.38 bits per heavy atom. The van der Waals surface area contributed by atoms with E-state index in [2.05, 4.69) is 10.6 Å². The van der Waals surface area contributed by atoms with Gasteiger partial charge in [-0.25, -0.2) is 4.79 Å². The van der Waals surface area contributed by atoms with Gasteiger partial charge in [0.25, 0.3) is 5.91 Å². The number of para-hydroxylation sites is 1. The van der Waals surface area contributed by atoms with Gasteiger partial charge in [0, 0.05) is 12.2 Å². The fourth-order valence-corrected chi connectivity index (χ4v) is 4.48. The van der Waals surface area contributed by atoms with Crippen LogP contribution in [0.15, 0.2) is 36.4 Å². The molecule has 0 heterocycles. The standard InChI is InChI=1S/C30H43N3O4/c1-11-33(28(35)24(18(2)3)32-29(36)37-30(8,9)10)26(23-19(4)14-12-15-20(23)5)27(34)31-25-21(6)16-13-17-22(25)7/h12-18,24,26H,11H2,1-10H3,(H,31,34)(H,32,36). The van der Waals surface area contributed by atoms with Crippen molar-refractivity contribution in [3.05, 3.63) is 64.2 Å². The van der Waals surface area contributed by atoms with E-state index >= 15 is 0 Å². The fraction of sp³-hybridized carbons (Fsp3) is 0.500. The van der Waals surface area contributed by atoms with Crippen molar-refractivity contribution in [1.82, 2.24) is 10.2 Å². The quantitative estimate of drug-likeness (QED) is 0.457. The zero-order chi connectivity index (χ0) is 28.1. The molecule has 2 aromatic rings. The molecule has 0 radical (unpaired) electrons. The van der Waals surface area contributed by atoms with Crippen molar-refractivity contribution in [2.24, 2.45) is 5.92 Å². The van der Waals surface area contributed by atoms with E-state index in [1.807, 2.05) is 84.9 Å². The number of amides is 3. The molecule has 2 aromatic carbocycles. The Bertz CT molecular complexity index is 1090. The molecule has 0 saturated heterocycles. The van der Waals surface area contributed by atoms with Crippen LogP contribution in [0, 0.1) is 33.6 Å². The molecule has 0 aromatic heterocycles. The molecule has 0 aliphatic heterocycles. The molecule has 0 fully saturated rings. The van der Waals surface area contributed by atoms with Gasteiger partial charge in [0.15, 0.2) is 0 Å². The van der Waals surface area contributed by atoms with Gasteiger partial charge >= 0.3 is 6.09 Å². The molecule has 2 unspecified atom stereocenters. The highest BCUT2D eigenvalue weighted by Crippen LogP contribution is 2.31. The van der Waals surface area contributed by atoms with E-state index in [-0.39, 0.29) is 24.3 Å². The summed E-state index contributed by atoms with van der Waals surface area (Å²) in [5.74, 6) is -0.869. The first kappa shape index (κ1) is 29.9. The van der Waals surface area contributed by atoms with Gasteiger partial charge in [-0.3, -0.25) is 9.59 Å². The molecular weight excluding hydrogens is 466 g/mol. The molecule has 7 heteroatoms. The Labute approximate surface area is 222 Å². The molecule has 0 spiro atoms. The maximum atomic E-state index is 14.0. The van der Waals surface area contributed by atoms with Crippen LogP contribution in [0.3, 0.4) is 0 Å². The average Bonchev–Trinajstić information content (AvgIpc) is 2.77. The van der Waals surface area contributed by atoms with Crippen LogP contribution in [-0.2, 0) is 14.3 Å². The molecule has 2 N–H and O–H groups in total. The number of aryl methyl sites for hydroxylation is 4. The second-order valence-electron chi connectivity index (χ2n) is 11.0. The first-order valence-electron chi connectivity index (χ1n) is 12.9. The van der Waals surface area contributed by atoms with Crippen molar-refractivity contribution in [3.63, 3.8) is 0 Å². The number of benzene rings is 2. The van der Waals surface area contributed by atoms with Crippen LogP contribution in [0.2, 0.25) is 0 Å². The van der Waals surface area contributed by atoms with Gasteiger partial charge in [-0.2, -0.15) is 0 Å². The number of hydrogen-bond donors (Lipinski definition) is 2. The Hall–Kier alpha value is -3.35. The van der Waals surface area contributed by atoms with Crippen molar-refractivity contribution >= 4 is 23.6 Å². The van der Waals surface area contributed by atoms with E-state index in [4.69, 9.17) is 4.74 Å². The van der Waals surface area contributed by atoms with Gasteiger partial charge in [-0.1, -0.05) is 50.2 Å². The third-order valence-electron chi connectivity index (χ3n) is 6.33. The Morgan fingerprint density at radius 1 is 0.892 bits per heavy atom. The summed E-state index contributed by atoms with van der Waals surface area (Å²) in [7, 11) is 0. The lowest BCUT2D eigenvalue weighted by molar-refractivity contribution is -0.141. The molecule has 7 nitrogen and oxygen atoms in total. The first-order valence-corrected chi connectivity index (χ1v) is 12.9. The molecule has 37 heavy (non-hydrogen) atoms.